The van der Waals surface area contributed by atoms with Crippen LogP contribution in [-0.2, 0) is 0 Å². The molecule has 2 rings (SSSR count). The minimum Gasteiger partial charge on any atom is -0.366 e. The van der Waals surface area contributed by atoms with E-state index in [0.29, 0.717) is 6.04 Å². The van der Waals surface area contributed by atoms with E-state index >= 15 is 0 Å². The summed E-state index contributed by atoms with van der Waals surface area (Å²) in [6.07, 6.45) is 9.55. The number of anilines is 1. The van der Waals surface area contributed by atoms with E-state index in [1.807, 2.05) is 12.1 Å². The Morgan fingerprint density at radius 1 is 1.58 bits per heavy atom. The second-order valence-electron chi connectivity index (χ2n) is 2.96. The van der Waals surface area contributed by atoms with Crippen molar-refractivity contribution in [2.75, 3.05) is 5.32 Å². The van der Waals surface area contributed by atoms with Crippen molar-refractivity contribution < 1.29 is 0 Å². The lowest BCUT2D eigenvalue weighted by Gasteiger charge is -2.04. The van der Waals surface area contributed by atoms with Crippen LogP contribution < -0.4 is 5.32 Å². The molecule has 0 aliphatic heterocycles. The molecule has 1 aliphatic rings. The van der Waals surface area contributed by atoms with E-state index in [0.717, 1.165) is 11.4 Å². The summed E-state index contributed by atoms with van der Waals surface area (Å²) in [5.41, 5.74) is 0.851. The molecule has 1 aromatic rings. The number of hydrogen-bond donors (Lipinski definition) is 1. The summed E-state index contributed by atoms with van der Waals surface area (Å²) < 4.78 is 0. The van der Waals surface area contributed by atoms with Gasteiger partial charge in [0.05, 0.1) is 5.56 Å². The topological polar surface area (TPSA) is 24.9 Å². The number of rotatable bonds is 2. The molecule has 1 heterocycles. The molecular formula is C10H10N2. The van der Waals surface area contributed by atoms with Crippen LogP contribution in [0.5, 0.6) is 0 Å². The van der Waals surface area contributed by atoms with Crippen LogP contribution in [0.4, 0.5) is 5.82 Å². The van der Waals surface area contributed by atoms with Crippen LogP contribution in [0.3, 0.4) is 0 Å². The lowest BCUT2D eigenvalue weighted by molar-refractivity contribution is 1.11. The van der Waals surface area contributed by atoms with Gasteiger partial charge in [0.15, 0.2) is 0 Å². The highest BCUT2D eigenvalue weighted by atomic mass is 15.0. The van der Waals surface area contributed by atoms with Gasteiger partial charge >= 0.3 is 0 Å². The predicted octanol–water partition coefficient (Wildman–Crippen LogP) is 1.64. The van der Waals surface area contributed by atoms with Gasteiger partial charge in [0, 0.05) is 12.2 Å². The van der Waals surface area contributed by atoms with E-state index in [4.69, 9.17) is 6.42 Å². The monoisotopic (exact) mass is 158 g/mol. The largest absolute Gasteiger partial charge is 0.366 e. The first-order valence-electron chi connectivity index (χ1n) is 4.08. The SMILES string of the molecule is C#Cc1cccnc1NC1CC1. The lowest BCUT2D eigenvalue weighted by atomic mass is 10.2. The van der Waals surface area contributed by atoms with Gasteiger partial charge in [-0.15, -0.1) is 6.42 Å². The Labute approximate surface area is 72.0 Å². The normalized spacial score (nSPS) is 15.2. The number of aromatic nitrogens is 1. The van der Waals surface area contributed by atoms with Gasteiger partial charge in [-0.1, -0.05) is 5.92 Å². The summed E-state index contributed by atoms with van der Waals surface area (Å²) in [7, 11) is 0. The smallest absolute Gasteiger partial charge is 0.141 e. The zero-order valence-electron chi connectivity index (χ0n) is 6.75. The first kappa shape index (κ1) is 7.17. The Balaban J connectivity index is 2.22. The molecule has 1 saturated carbocycles. The van der Waals surface area contributed by atoms with Crippen LogP contribution >= 0.6 is 0 Å². The summed E-state index contributed by atoms with van der Waals surface area (Å²) >= 11 is 0. The van der Waals surface area contributed by atoms with Crippen molar-refractivity contribution in [2.24, 2.45) is 0 Å². The highest BCUT2D eigenvalue weighted by molar-refractivity contribution is 5.53. The van der Waals surface area contributed by atoms with Crippen LogP contribution in [0, 0.1) is 12.3 Å². The molecule has 60 valence electrons. The molecular weight excluding hydrogens is 148 g/mol. The van der Waals surface area contributed by atoms with Crippen LogP contribution in [0.25, 0.3) is 0 Å². The third-order valence-corrected chi connectivity index (χ3v) is 1.88. The maximum Gasteiger partial charge on any atom is 0.141 e. The van der Waals surface area contributed by atoms with E-state index < -0.39 is 0 Å². The second kappa shape index (κ2) is 2.86. The lowest BCUT2D eigenvalue weighted by Crippen LogP contribution is -2.04. The van der Waals surface area contributed by atoms with E-state index in [9.17, 15) is 0 Å². The molecule has 0 spiro atoms. The standard InChI is InChI=1S/C10H10N2/c1-2-8-4-3-7-11-10(8)12-9-5-6-9/h1,3-4,7,9H,5-6H2,(H,11,12). The maximum atomic E-state index is 5.32. The molecule has 2 nitrogen and oxygen atoms in total. The molecule has 0 radical (unpaired) electrons. The average molecular weight is 158 g/mol. The molecule has 0 aromatic carbocycles. The number of nitrogens with one attached hydrogen (secondary N) is 1. The minimum atomic E-state index is 0.604. The van der Waals surface area contributed by atoms with Gasteiger partial charge in [-0.3, -0.25) is 0 Å². The average Bonchev–Trinajstić information content (AvgIpc) is 2.89. The summed E-state index contributed by atoms with van der Waals surface area (Å²) in [5, 5.41) is 3.28. The molecule has 1 aromatic heterocycles. The van der Waals surface area contributed by atoms with Crippen molar-refractivity contribution in [3.8, 4) is 12.3 Å². The van der Waals surface area contributed by atoms with Crippen molar-refractivity contribution in [1.82, 2.24) is 4.98 Å². The summed E-state index contributed by atoms with van der Waals surface area (Å²) in [5.74, 6) is 3.45. The summed E-state index contributed by atoms with van der Waals surface area (Å²) in [6, 6.07) is 4.36. The first-order chi connectivity index (χ1) is 5.90. The molecule has 1 N–H and O–H groups in total. The second-order valence-corrected chi connectivity index (χ2v) is 2.96. The Morgan fingerprint density at radius 3 is 3.08 bits per heavy atom. The maximum absolute atomic E-state index is 5.32. The molecule has 0 atom stereocenters. The van der Waals surface area contributed by atoms with Crippen LogP contribution in [-0.4, -0.2) is 11.0 Å². The highest BCUT2D eigenvalue weighted by Crippen LogP contribution is 2.24. The summed E-state index contributed by atoms with van der Waals surface area (Å²) in [4.78, 5) is 4.18. The molecule has 0 unspecified atom stereocenters. The fraction of sp³-hybridized carbons (Fsp3) is 0.300. The van der Waals surface area contributed by atoms with Crippen molar-refractivity contribution in [1.29, 1.82) is 0 Å². The Bertz CT molecular complexity index is 321. The van der Waals surface area contributed by atoms with Gasteiger partial charge < -0.3 is 5.32 Å². The van der Waals surface area contributed by atoms with Gasteiger partial charge in [0.2, 0.25) is 0 Å². The van der Waals surface area contributed by atoms with Crippen LogP contribution in [0.2, 0.25) is 0 Å². The molecule has 0 saturated heterocycles. The van der Waals surface area contributed by atoms with E-state index in [-0.39, 0.29) is 0 Å². The van der Waals surface area contributed by atoms with Crippen molar-refractivity contribution >= 4 is 5.82 Å². The van der Waals surface area contributed by atoms with E-state index in [2.05, 4.69) is 16.2 Å². The van der Waals surface area contributed by atoms with Crippen LogP contribution in [0.1, 0.15) is 18.4 Å². The zero-order chi connectivity index (χ0) is 8.39. The van der Waals surface area contributed by atoms with Gasteiger partial charge in [-0.25, -0.2) is 4.98 Å². The van der Waals surface area contributed by atoms with Gasteiger partial charge in [0.1, 0.15) is 5.82 Å². The molecule has 0 bridgehead atoms. The fourth-order valence-electron chi connectivity index (χ4n) is 1.06. The van der Waals surface area contributed by atoms with Crippen LogP contribution in [0.15, 0.2) is 18.3 Å². The van der Waals surface area contributed by atoms with Crippen molar-refractivity contribution in [3.05, 3.63) is 23.9 Å². The summed E-state index contributed by atoms with van der Waals surface area (Å²) in [6.45, 7) is 0. The molecule has 2 heteroatoms. The minimum absolute atomic E-state index is 0.604. The number of hydrogen-bond acceptors (Lipinski definition) is 2. The number of nitrogens with zero attached hydrogens (tertiary/aromatic N) is 1. The zero-order valence-corrected chi connectivity index (χ0v) is 6.75. The Kier molecular flexibility index (Phi) is 1.71. The van der Waals surface area contributed by atoms with E-state index in [1.165, 1.54) is 12.8 Å². The molecule has 12 heavy (non-hydrogen) atoms. The Hall–Kier alpha value is -1.49. The van der Waals surface area contributed by atoms with Gasteiger partial charge in [-0.2, -0.15) is 0 Å². The quantitative estimate of drug-likeness (QED) is 0.662. The molecule has 1 aliphatic carbocycles. The van der Waals surface area contributed by atoms with Gasteiger partial charge in [-0.05, 0) is 25.0 Å². The van der Waals surface area contributed by atoms with Gasteiger partial charge in [0.25, 0.3) is 0 Å². The number of terminal acetylenes is 1. The fourth-order valence-corrected chi connectivity index (χ4v) is 1.06. The third kappa shape index (κ3) is 1.40. The Morgan fingerprint density at radius 2 is 2.42 bits per heavy atom. The molecule has 0 amide bonds. The highest BCUT2D eigenvalue weighted by Gasteiger charge is 2.21. The third-order valence-electron chi connectivity index (χ3n) is 1.88. The predicted molar refractivity (Wildman–Crippen MR) is 48.8 cm³/mol. The molecule has 1 fully saturated rings. The van der Waals surface area contributed by atoms with E-state index in [1.54, 1.807) is 6.20 Å². The van der Waals surface area contributed by atoms with Crippen molar-refractivity contribution in [3.63, 3.8) is 0 Å². The first-order valence-corrected chi connectivity index (χ1v) is 4.08. The van der Waals surface area contributed by atoms with Crippen molar-refractivity contribution in [2.45, 2.75) is 18.9 Å². The number of pyridine rings is 1.